The Hall–Kier alpha value is -4.75. The lowest BCUT2D eigenvalue weighted by atomic mass is 10.0. The minimum atomic E-state index is -1.40. The fraction of sp³-hybridized carbons (Fsp3) is 0.294. The molecule has 1 atom stereocenters. The van der Waals surface area contributed by atoms with E-state index < -0.39 is 28.9 Å². The van der Waals surface area contributed by atoms with Crippen LogP contribution in [0.4, 0.5) is 20.2 Å². The number of aromatic nitrogens is 1. The van der Waals surface area contributed by atoms with Gasteiger partial charge < -0.3 is 25.3 Å². The normalized spacial score (nSPS) is 16.6. The lowest BCUT2D eigenvalue weighted by Gasteiger charge is -2.26. The number of halogens is 2. The molecule has 1 aliphatic carbocycles. The minimum Gasteiger partial charge on any atom is -0.493 e. The SMILES string of the molecule is COc1cc2c(Oc3ccc(N(C(=O)C4(C(N)=O)CC4)c4ccc(F)cc4)cc3F)ccnc2cc1OCCCNC1CCSC1=O. The van der Waals surface area contributed by atoms with Crippen LogP contribution in [-0.2, 0) is 14.4 Å². The van der Waals surface area contributed by atoms with Gasteiger partial charge in [-0.3, -0.25) is 24.3 Å². The Morgan fingerprint density at radius 3 is 2.45 bits per heavy atom. The second-order valence-corrected chi connectivity index (χ2v) is 12.4. The first kappa shape index (κ1) is 32.2. The first-order chi connectivity index (χ1) is 22.7. The van der Waals surface area contributed by atoms with Gasteiger partial charge in [-0.25, -0.2) is 8.78 Å². The number of ether oxygens (including phenoxy) is 3. The number of hydrogen-bond donors (Lipinski definition) is 2. The predicted molar refractivity (Wildman–Crippen MR) is 173 cm³/mol. The number of benzene rings is 3. The molecule has 2 amide bonds. The van der Waals surface area contributed by atoms with E-state index in [1.807, 2.05) is 0 Å². The second-order valence-electron chi connectivity index (χ2n) is 11.3. The Kier molecular flexibility index (Phi) is 9.28. The molecule has 0 radical (unpaired) electrons. The Balaban J connectivity index is 1.21. The van der Waals surface area contributed by atoms with Crippen molar-refractivity contribution in [2.45, 2.75) is 31.7 Å². The van der Waals surface area contributed by atoms with Crippen LogP contribution in [0.2, 0.25) is 0 Å². The number of methoxy groups -OCH3 is 1. The molecule has 4 aromatic rings. The number of carbonyl (C=O) groups is 3. The first-order valence-corrected chi connectivity index (χ1v) is 16.1. The van der Waals surface area contributed by atoms with Gasteiger partial charge in [-0.05, 0) is 80.8 Å². The quantitative estimate of drug-likeness (QED) is 0.138. The summed E-state index contributed by atoms with van der Waals surface area (Å²) in [6, 6.07) is 13.9. The summed E-state index contributed by atoms with van der Waals surface area (Å²) in [5.41, 5.74) is 5.05. The number of primary amides is 1. The van der Waals surface area contributed by atoms with Gasteiger partial charge in [0.05, 0.1) is 31.0 Å². The molecule has 1 aromatic heterocycles. The fourth-order valence-corrected chi connectivity index (χ4v) is 6.37. The van der Waals surface area contributed by atoms with Crippen molar-refractivity contribution in [3.63, 3.8) is 0 Å². The summed E-state index contributed by atoms with van der Waals surface area (Å²) in [5.74, 6) is -0.769. The number of anilines is 2. The molecule has 1 unspecified atom stereocenters. The number of nitrogens with zero attached hydrogens (tertiary/aromatic N) is 2. The Bertz CT molecular complexity index is 1840. The molecule has 13 heteroatoms. The van der Waals surface area contributed by atoms with Gasteiger partial charge in [0.2, 0.25) is 16.9 Å². The number of amides is 2. The van der Waals surface area contributed by atoms with Crippen LogP contribution in [0, 0.1) is 17.0 Å². The lowest BCUT2D eigenvalue weighted by Crippen LogP contribution is -2.41. The molecular formula is C34H32F2N4O6S. The van der Waals surface area contributed by atoms with Crippen molar-refractivity contribution in [3.8, 4) is 23.0 Å². The fourth-order valence-electron chi connectivity index (χ4n) is 5.41. The molecule has 0 spiro atoms. The van der Waals surface area contributed by atoms with E-state index in [4.69, 9.17) is 19.9 Å². The molecule has 0 bridgehead atoms. The topological polar surface area (TPSA) is 133 Å². The number of rotatable bonds is 13. The molecule has 244 valence electrons. The maximum atomic E-state index is 15.6. The largest absolute Gasteiger partial charge is 0.493 e. The monoisotopic (exact) mass is 662 g/mol. The average molecular weight is 663 g/mol. The van der Waals surface area contributed by atoms with Gasteiger partial charge in [0, 0.05) is 35.2 Å². The highest BCUT2D eigenvalue weighted by Gasteiger charge is 2.57. The number of carbonyl (C=O) groups excluding carboxylic acids is 3. The van der Waals surface area contributed by atoms with Crippen LogP contribution in [-0.4, -0.2) is 54.0 Å². The summed E-state index contributed by atoms with van der Waals surface area (Å²) in [5, 5.41) is 3.98. The van der Waals surface area contributed by atoms with E-state index in [0.717, 1.165) is 18.2 Å². The van der Waals surface area contributed by atoms with Gasteiger partial charge in [-0.2, -0.15) is 0 Å². The van der Waals surface area contributed by atoms with Crippen molar-refractivity contribution in [2.75, 3.05) is 30.9 Å². The number of thioether (sulfide) groups is 1. The Morgan fingerprint density at radius 2 is 1.79 bits per heavy atom. The highest BCUT2D eigenvalue weighted by molar-refractivity contribution is 8.14. The maximum absolute atomic E-state index is 15.6. The van der Waals surface area contributed by atoms with Crippen LogP contribution < -0.4 is 30.2 Å². The van der Waals surface area contributed by atoms with Gasteiger partial charge in [-0.1, -0.05) is 11.8 Å². The highest BCUT2D eigenvalue weighted by Crippen LogP contribution is 2.49. The van der Waals surface area contributed by atoms with Gasteiger partial charge in [0.15, 0.2) is 23.1 Å². The number of fused-ring (bicyclic) bond motifs is 1. The van der Waals surface area contributed by atoms with Crippen molar-refractivity contribution in [1.82, 2.24) is 10.3 Å². The molecule has 2 aliphatic rings. The number of nitrogens with one attached hydrogen (secondary N) is 1. The van der Waals surface area contributed by atoms with Gasteiger partial charge in [-0.15, -0.1) is 0 Å². The summed E-state index contributed by atoms with van der Waals surface area (Å²) in [4.78, 5) is 43.1. The summed E-state index contributed by atoms with van der Waals surface area (Å²) < 4.78 is 46.8. The standard InChI is InChI=1S/C34H32F2N4O6S/c1-44-29-18-23-26(19-30(29)45-15-2-13-38-25-10-16-47-31(25)41)39-14-9-27(23)46-28-8-7-22(17-24(28)36)40(21-5-3-20(35)4-6-21)33(43)34(11-12-34)32(37)42/h3-9,14,17-19,25,38H,2,10-13,15-16H2,1H3,(H2,37,42). The molecule has 2 heterocycles. The summed E-state index contributed by atoms with van der Waals surface area (Å²) in [6.45, 7) is 1.02. The van der Waals surface area contributed by atoms with Gasteiger partial charge in [0.1, 0.15) is 17.0 Å². The van der Waals surface area contributed by atoms with Crippen LogP contribution >= 0.6 is 11.8 Å². The number of pyridine rings is 1. The minimum absolute atomic E-state index is 0.105. The zero-order chi connectivity index (χ0) is 33.1. The van der Waals surface area contributed by atoms with E-state index in [2.05, 4.69) is 10.3 Å². The average Bonchev–Trinajstić information content (AvgIpc) is 3.79. The molecule has 3 aromatic carbocycles. The van der Waals surface area contributed by atoms with E-state index in [9.17, 15) is 18.8 Å². The van der Waals surface area contributed by atoms with Gasteiger partial charge in [0.25, 0.3) is 0 Å². The number of hydrogen-bond acceptors (Lipinski definition) is 9. The van der Waals surface area contributed by atoms with Crippen LogP contribution in [0.5, 0.6) is 23.0 Å². The number of nitrogens with two attached hydrogens (primary N) is 1. The zero-order valence-corrected chi connectivity index (χ0v) is 26.3. The molecular weight excluding hydrogens is 630 g/mol. The Morgan fingerprint density at radius 1 is 1.02 bits per heavy atom. The van der Waals surface area contributed by atoms with E-state index in [0.29, 0.717) is 47.7 Å². The molecule has 1 aliphatic heterocycles. The van der Waals surface area contributed by atoms with Crippen molar-refractivity contribution >= 4 is 51.0 Å². The predicted octanol–water partition coefficient (Wildman–Crippen LogP) is 5.63. The van der Waals surface area contributed by atoms with Crippen molar-refractivity contribution in [2.24, 2.45) is 11.1 Å². The summed E-state index contributed by atoms with van der Waals surface area (Å²) >= 11 is 1.35. The summed E-state index contributed by atoms with van der Waals surface area (Å²) in [6.07, 6.45) is 3.57. The van der Waals surface area contributed by atoms with Crippen LogP contribution in [0.25, 0.3) is 10.9 Å². The molecule has 1 saturated carbocycles. The second kappa shape index (κ2) is 13.5. The Labute approximate surface area is 273 Å². The van der Waals surface area contributed by atoms with Crippen LogP contribution in [0.1, 0.15) is 25.7 Å². The van der Waals surface area contributed by atoms with E-state index in [1.165, 1.54) is 66.4 Å². The van der Waals surface area contributed by atoms with Crippen molar-refractivity contribution in [1.29, 1.82) is 0 Å². The maximum Gasteiger partial charge on any atom is 0.247 e. The van der Waals surface area contributed by atoms with Crippen LogP contribution in [0.15, 0.2) is 66.9 Å². The summed E-state index contributed by atoms with van der Waals surface area (Å²) in [7, 11) is 1.51. The molecule has 6 rings (SSSR count). The van der Waals surface area contributed by atoms with E-state index in [-0.39, 0.29) is 41.1 Å². The third kappa shape index (κ3) is 6.72. The molecule has 2 fully saturated rings. The van der Waals surface area contributed by atoms with Crippen LogP contribution in [0.3, 0.4) is 0 Å². The zero-order valence-electron chi connectivity index (χ0n) is 25.5. The van der Waals surface area contributed by atoms with E-state index >= 15 is 4.39 Å². The third-order valence-corrected chi connectivity index (χ3v) is 9.21. The van der Waals surface area contributed by atoms with Gasteiger partial charge >= 0.3 is 0 Å². The lowest BCUT2D eigenvalue weighted by molar-refractivity contribution is -0.133. The van der Waals surface area contributed by atoms with E-state index in [1.54, 1.807) is 18.2 Å². The smallest absolute Gasteiger partial charge is 0.247 e. The third-order valence-electron chi connectivity index (χ3n) is 8.20. The van der Waals surface area contributed by atoms with Crippen molar-refractivity contribution < 1.29 is 37.4 Å². The molecule has 1 saturated heterocycles. The highest BCUT2D eigenvalue weighted by atomic mass is 32.2. The van der Waals surface area contributed by atoms with Crippen molar-refractivity contribution in [3.05, 3.63) is 78.5 Å². The first-order valence-electron chi connectivity index (χ1n) is 15.1. The molecule has 10 nitrogen and oxygen atoms in total. The molecule has 47 heavy (non-hydrogen) atoms. The molecule has 3 N–H and O–H groups in total.